The second kappa shape index (κ2) is 9.51. The lowest BCUT2D eigenvalue weighted by atomic mass is 9.86. The molecule has 1 aliphatic rings. The van der Waals surface area contributed by atoms with E-state index in [4.69, 9.17) is 14.2 Å². The zero-order valence-electron chi connectivity index (χ0n) is 15.5. The van der Waals surface area contributed by atoms with E-state index in [1.807, 2.05) is 13.8 Å². The van der Waals surface area contributed by atoms with E-state index in [1.165, 1.54) is 14.0 Å². The Labute approximate surface area is 152 Å². The van der Waals surface area contributed by atoms with E-state index in [0.29, 0.717) is 18.9 Å². The molecule has 1 saturated heterocycles. The van der Waals surface area contributed by atoms with Crippen molar-refractivity contribution in [2.45, 2.75) is 46.2 Å². The minimum absolute atomic E-state index is 0.0173. The van der Waals surface area contributed by atoms with Gasteiger partial charge < -0.3 is 24.8 Å². The SMILES string of the molecule is COC1(C)OCC(C)(C)[C@H](C(=O)NCCC(=O)NCCSC(C)=O)O1. The third-order valence-electron chi connectivity index (χ3n) is 3.74. The molecule has 8 nitrogen and oxygen atoms in total. The Bertz CT molecular complexity index is 499. The Morgan fingerprint density at radius 3 is 2.48 bits per heavy atom. The molecule has 25 heavy (non-hydrogen) atoms. The molecule has 0 bridgehead atoms. The van der Waals surface area contributed by atoms with Gasteiger partial charge >= 0.3 is 0 Å². The first-order chi connectivity index (χ1) is 11.6. The fraction of sp³-hybridized carbons (Fsp3) is 0.812. The molecule has 1 aliphatic heterocycles. The standard InChI is InChI=1S/C16H28N2O6S/c1-11(19)25-9-8-17-12(20)6-7-18-14(21)13-15(2,3)10-23-16(4,22-5)24-13/h13H,6-10H2,1-5H3,(H,17,20)(H,18,21)/t13-,16?/m0/s1. The minimum Gasteiger partial charge on any atom is -0.355 e. The lowest BCUT2D eigenvalue weighted by Crippen LogP contribution is -2.58. The number of amides is 2. The van der Waals surface area contributed by atoms with Crippen molar-refractivity contribution >= 4 is 28.7 Å². The number of carbonyl (C=O) groups is 3. The minimum atomic E-state index is -1.26. The molecule has 2 N–H and O–H groups in total. The Kier molecular flexibility index (Phi) is 8.33. The number of hydrogen-bond donors (Lipinski definition) is 2. The average Bonchev–Trinajstić information content (AvgIpc) is 2.54. The number of thioether (sulfide) groups is 1. The summed E-state index contributed by atoms with van der Waals surface area (Å²) in [6, 6.07) is 0. The van der Waals surface area contributed by atoms with Gasteiger partial charge in [0, 0.05) is 51.6 Å². The van der Waals surface area contributed by atoms with Crippen molar-refractivity contribution in [3.8, 4) is 0 Å². The van der Waals surface area contributed by atoms with Crippen LogP contribution in [0.4, 0.5) is 0 Å². The molecule has 0 saturated carbocycles. The van der Waals surface area contributed by atoms with Crippen molar-refractivity contribution in [2.24, 2.45) is 5.41 Å². The lowest BCUT2D eigenvalue weighted by molar-refractivity contribution is -0.413. The first-order valence-electron chi connectivity index (χ1n) is 8.14. The lowest BCUT2D eigenvalue weighted by Gasteiger charge is -2.44. The Balaban J connectivity index is 2.37. The summed E-state index contributed by atoms with van der Waals surface area (Å²) >= 11 is 1.16. The van der Waals surface area contributed by atoms with Crippen LogP contribution in [0.1, 0.15) is 34.1 Å². The monoisotopic (exact) mass is 376 g/mol. The third-order valence-corrected chi connectivity index (χ3v) is 4.55. The van der Waals surface area contributed by atoms with Crippen molar-refractivity contribution < 1.29 is 28.6 Å². The highest BCUT2D eigenvalue weighted by Crippen LogP contribution is 2.35. The van der Waals surface area contributed by atoms with Gasteiger partial charge in [0.25, 0.3) is 5.97 Å². The van der Waals surface area contributed by atoms with E-state index >= 15 is 0 Å². The van der Waals surface area contributed by atoms with Gasteiger partial charge in [-0.3, -0.25) is 14.4 Å². The predicted molar refractivity (Wildman–Crippen MR) is 93.8 cm³/mol. The number of hydrogen-bond acceptors (Lipinski definition) is 7. The summed E-state index contributed by atoms with van der Waals surface area (Å²) in [6.45, 7) is 7.75. The molecule has 0 aromatic heterocycles. The molecule has 2 amide bonds. The van der Waals surface area contributed by atoms with Crippen LogP contribution in [0.15, 0.2) is 0 Å². The van der Waals surface area contributed by atoms with Crippen LogP contribution in [0.5, 0.6) is 0 Å². The van der Waals surface area contributed by atoms with E-state index in [0.717, 1.165) is 11.8 Å². The number of carbonyl (C=O) groups excluding carboxylic acids is 3. The second-order valence-electron chi connectivity index (χ2n) is 6.57. The average molecular weight is 376 g/mol. The Morgan fingerprint density at radius 2 is 1.88 bits per heavy atom. The van der Waals surface area contributed by atoms with Gasteiger partial charge in [0.2, 0.25) is 11.8 Å². The number of nitrogens with one attached hydrogen (secondary N) is 2. The van der Waals surface area contributed by atoms with Gasteiger partial charge in [0.1, 0.15) is 6.10 Å². The normalized spacial score (nSPS) is 25.2. The summed E-state index contributed by atoms with van der Waals surface area (Å²) in [5, 5.41) is 5.43. The van der Waals surface area contributed by atoms with Crippen LogP contribution in [-0.2, 0) is 28.6 Å². The molecule has 2 atom stereocenters. The van der Waals surface area contributed by atoms with Crippen molar-refractivity contribution in [1.82, 2.24) is 10.6 Å². The fourth-order valence-electron chi connectivity index (χ4n) is 2.18. The smallest absolute Gasteiger partial charge is 0.280 e. The molecule has 0 aromatic carbocycles. The predicted octanol–water partition coefficient (Wildman–Crippen LogP) is 0.650. The molecule has 0 spiro atoms. The van der Waals surface area contributed by atoms with Crippen molar-refractivity contribution in [1.29, 1.82) is 0 Å². The van der Waals surface area contributed by atoms with E-state index in [1.54, 1.807) is 6.92 Å². The maximum absolute atomic E-state index is 12.4. The van der Waals surface area contributed by atoms with Crippen molar-refractivity contribution in [3.05, 3.63) is 0 Å². The fourth-order valence-corrected chi connectivity index (χ4v) is 2.67. The molecule has 9 heteroatoms. The topological polar surface area (TPSA) is 103 Å². The van der Waals surface area contributed by atoms with Gasteiger partial charge in [-0.2, -0.15) is 0 Å². The first kappa shape index (κ1) is 21.9. The first-order valence-corrected chi connectivity index (χ1v) is 9.13. The summed E-state index contributed by atoms with van der Waals surface area (Å²) in [5.74, 6) is -1.22. The highest BCUT2D eigenvalue weighted by Gasteiger charge is 2.48. The molecule has 1 fully saturated rings. The number of rotatable bonds is 8. The van der Waals surface area contributed by atoms with Crippen LogP contribution in [-0.4, -0.2) is 61.6 Å². The largest absolute Gasteiger partial charge is 0.355 e. The molecule has 0 aromatic rings. The maximum atomic E-state index is 12.4. The summed E-state index contributed by atoms with van der Waals surface area (Å²) < 4.78 is 16.3. The van der Waals surface area contributed by atoms with Gasteiger partial charge in [0.05, 0.1) is 6.61 Å². The Morgan fingerprint density at radius 1 is 1.20 bits per heavy atom. The Hall–Kier alpha value is -1.16. The molecule has 144 valence electrons. The van der Waals surface area contributed by atoms with Crippen LogP contribution in [0.25, 0.3) is 0 Å². The molecule has 1 rings (SSSR count). The number of ether oxygens (including phenoxy) is 3. The third kappa shape index (κ3) is 7.31. The highest BCUT2D eigenvalue weighted by atomic mass is 32.2. The van der Waals surface area contributed by atoms with Crippen LogP contribution in [0.3, 0.4) is 0 Å². The van der Waals surface area contributed by atoms with Crippen molar-refractivity contribution in [3.63, 3.8) is 0 Å². The molecule has 1 unspecified atom stereocenters. The van der Waals surface area contributed by atoms with Gasteiger partial charge in [-0.15, -0.1) is 0 Å². The van der Waals surface area contributed by atoms with E-state index in [-0.39, 0.29) is 29.9 Å². The highest BCUT2D eigenvalue weighted by molar-refractivity contribution is 8.13. The summed E-state index contributed by atoms with van der Waals surface area (Å²) in [7, 11) is 1.45. The van der Waals surface area contributed by atoms with Crippen LogP contribution >= 0.6 is 11.8 Å². The zero-order valence-corrected chi connectivity index (χ0v) is 16.3. The van der Waals surface area contributed by atoms with Crippen LogP contribution in [0, 0.1) is 5.41 Å². The molecular weight excluding hydrogens is 348 g/mol. The van der Waals surface area contributed by atoms with Crippen LogP contribution < -0.4 is 10.6 Å². The maximum Gasteiger partial charge on any atom is 0.280 e. The van der Waals surface area contributed by atoms with Crippen molar-refractivity contribution in [2.75, 3.05) is 32.6 Å². The molecule has 0 aliphatic carbocycles. The van der Waals surface area contributed by atoms with E-state index in [2.05, 4.69) is 10.6 Å². The summed E-state index contributed by atoms with van der Waals surface area (Å²) in [5.41, 5.74) is -0.520. The molecule has 0 radical (unpaired) electrons. The quantitative estimate of drug-likeness (QED) is 0.600. The summed E-state index contributed by atoms with van der Waals surface area (Å²) in [4.78, 5) is 34.9. The van der Waals surface area contributed by atoms with Gasteiger partial charge in [0.15, 0.2) is 5.12 Å². The van der Waals surface area contributed by atoms with Gasteiger partial charge in [-0.25, -0.2) is 0 Å². The van der Waals surface area contributed by atoms with Gasteiger partial charge in [-0.05, 0) is 0 Å². The van der Waals surface area contributed by atoms with Gasteiger partial charge in [-0.1, -0.05) is 25.6 Å². The van der Waals surface area contributed by atoms with E-state index < -0.39 is 17.5 Å². The van der Waals surface area contributed by atoms with E-state index in [9.17, 15) is 14.4 Å². The second-order valence-corrected chi connectivity index (χ2v) is 7.84. The van der Waals surface area contributed by atoms with Crippen LogP contribution in [0.2, 0.25) is 0 Å². The zero-order chi connectivity index (χ0) is 19.1. The molecular formula is C16H28N2O6S. The number of methoxy groups -OCH3 is 1. The summed E-state index contributed by atoms with van der Waals surface area (Å²) in [6.07, 6.45) is -0.594. The molecule has 1 heterocycles.